The van der Waals surface area contributed by atoms with Gasteiger partial charge in [-0.1, -0.05) is 18.9 Å². The van der Waals surface area contributed by atoms with Gasteiger partial charge in [0.15, 0.2) is 0 Å². The molecule has 2 amide bonds. The molecule has 5 nitrogen and oxygen atoms in total. The smallest absolute Gasteiger partial charge is 0.334 e. The maximum absolute atomic E-state index is 14.2. The van der Waals surface area contributed by atoms with Gasteiger partial charge in [-0.2, -0.15) is 26.3 Å². The molecule has 2 N–H and O–H groups in total. The van der Waals surface area contributed by atoms with Crippen LogP contribution in [0.15, 0.2) is 36.4 Å². The molecule has 1 aliphatic heterocycles. The molecular weight excluding hydrogens is 531 g/mol. The number of rotatable bonds is 8. The lowest BCUT2D eigenvalue weighted by molar-refractivity contribution is -0.143. The standard InChI is InChI=1S/C27H28F7N3O2/c1-16(38)36-23-10-18(4-5-22(23)28)13-37(24(39)25(6-7-35-15-25)12-17-2-3-17)14-19-8-20(26(29,30)31)11-21(9-19)27(32,33)34/h4-5,8-11,17,35H,2-3,6-7,12-15H2,1H3,(H,36,38). The molecule has 2 aromatic carbocycles. The number of hydrogen-bond donors (Lipinski definition) is 2. The van der Waals surface area contributed by atoms with E-state index in [0.717, 1.165) is 18.9 Å². The van der Waals surface area contributed by atoms with E-state index >= 15 is 0 Å². The van der Waals surface area contributed by atoms with Crippen LogP contribution in [0.3, 0.4) is 0 Å². The Morgan fingerprint density at radius 3 is 2.10 bits per heavy atom. The first-order valence-corrected chi connectivity index (χ1v) is 12.5. The molecule has 1 saturated carbocycles. The summed E-state index contributed by atoms with van der Waals surface area (Å²) in [5.74, 6) is -1.33. The third kappa shape index (κ3) is 7.09. The van der Waals surface area contributed by atoms with Crippen molar-refractivity contribution >= 4 is 17.5 Å². The van der Waals surface area contributed by atoms with Gasteiger partial charge in [0.2, 0.25) is 11.8 Å². The van der Waals surface area contributed by atoms with E-state index in [-0.39, 0.29) is 23.9 Å². The summed E-state index contributed by atoms with van der Waals surface area (Å²) in [5, 5.41) is 5.50. The molecule has 0 spiro atoms. The van der Waals surface area contributed by atoms with E-state index in [2.05, 4.69) is 10.6 Å². The Bertz CT molecular complexity index is 1200. The number of carbonyl (C=O) groups is 2. The van der Waals surface area contributed by atoms with Crippen LogP contribution < -0.4 is 10.6 Å². The number of anilines is 1. The third-order valence-corrected chi connectivity index (χ3v) is 7.10. The topological polar surface area (TPSA) is 61.4 Å². The highest BCUT2D eigenvalue weighted by Gasteiger charge is 2.47. The van der Waals surface area contributed by atoms with E-state index in [0.29, 0.717) is 49.5 Å². The summed E-state index contributed by atoms with van der Waals surface area (Å²) in [6.07, 6.45) is -7.11. The van der Waals surface area contributed by atoms with E-state index in [1.165, 1.54) is 24.0 Å². The molecule has 0 aromatic heterocycles. The largest absolute Gasteiger partial charge is 0.416 e. The minimum Gasteiger partial charge on any atom is -0.334 e. The Morgan fingerprint density at radius 2 is 1.59 bits per heavy atom. The molecule has 1 atom stereocenters. The average molecular weight is 560 g/mol. The predicted molar refractivity (Wildman–Crippen MR) is 129 cm³/mol. The predicted octanol–water partition coefficient (Wildman–Crippen LogP) is 6.13. The fraction of sp³-hybridized carbons (Fsp3) is 0.481. The molecule has 4 rings (SSSR count). The van der Waals surface area contributed by atoms with Crippen molar-refractivity contribution in [2.75, 3.05) is 18.4 Å². The van der Waals surface area contributed by atoms with Gasteiger partial charge in [-0.15, -0.1) is 0 Å². The number of hydrogen-bond acceptors (Lipinski definition) is 3. The molecule has 2 fully saturated rings. The minimum absolute atomic E-state index is 0.0464. The van der Waals surface area contributed by atoms with Gasteiger partial charge in [0.05, 0.1) is 22.2 Å². The minimum atomic E-state index is -5.03. The number of nitrogens with zero attached hydrogens (tertiary/aromatic N) is 1. The maximum Gasteiger partial charge on any atom is 0.416 e. The number of halogens is 7. The van der Waals surface area contributed by atoms with Crippen LogP contribution in [0.25, 0.3) is 0 Å². The number of carbonyl (C=O) groups excluding carboxylic acids is 2. The summed E-state index contributed by atoms with van der Waals surface area (Å²) in [4.78, 5) is 26.7. The van der Waals surface area contributed by atoms with Crippen LogP contribution in [0.2, 0.25) is 0 Å². The van der Waals surface area contributed by atoms with Crippen LogP contribution in [-0.4, -0.2) is 29.8 Å². The van der Waals surface area contributed by atoms with Gasteiger partial charge in [0.1, 0.15) is 5.82 Å². The molecule has 1 aliphatic carbocycles. The second-order valence-corrected chi connectivity index (χ2v) is 10.4. The molecular formula is C27H28F7N3O2. The molecule has 1 saturated heterocycles. The number of amides is 2. The van der Waals surface area contributed by atoms with Crippen molar-refractivity contribution in [1.82, 2.24) is 10.2 Å². The first-order valence-electron chi connectivity index (χ1n) is 12.5. The van der Waals surface area contributed by atoms with Gasteiger partial charge in [-0.05, 0) is 66.8 Å². The van der Waals surface area contributed by atoms with E-state index in [4.69, 9.17) is 0 Å². The monoisotopic (exact) mass is 559 g/mol. The van der Waals surface area contributed by atoms with Crippen LogP contribution in [0.1, 0.15) is 54.9 Å². The molecule has 12 heteroatoms. The molecule has 2 aromatic rings. The molecule has 1 heterocycles. The van der Waals surface area contributed by atoms with E-state index in [1.54, 1.807) is 0 Å². The van der Waals surface area contributed by atoms with Crippen molar-refractivity contribution in [3.05, 3.63) is 64.5 Å². The van der Waals surface area contributed by atoms with Crippen LogP contribution in [0.4, 0.5) is 36.4 Å². The lowest BCUT2D eigenvalue weighted by atomic mass is 9.80. The summed E-state index contributed by atoms with van der Waals surface area (Å²) < 4.78 is 95.2. The zero-order chi connectivity index (χ0) is 28.6. The number of nitrogens with one attached hydrogen (secondary N) is 2. The summed E-state index contributed by atoms with van der Waals surface area (Å²) in [6, 6.07) is 5.00. The Labute approximate surface area is 220 Å². The highest BCUT2D eigenvalue weighted by molar-refractivity contribution is 5.89. The Morgan fingerprint density at radius 1 is 0.974 bits per heavy atom. The van der Waals surface area contributed by atoms with Gasteiger partial charge in [-0.25, -0.2) is 4.39 Å². The number of alkyl halides is 6. The summed E-state index contributed by atoms with van der Waals surface area (Å²) in [5.41, 5.74) is -3.92. The van der Waals surface area contributed by atoms with Crippen molar-refractivity contribution in [2.24, 2.45) is 11.3 Å². The Hall–Kier alpha value is -3.15. The van der Waals surface area contributed by atoms with Crippen molar-refractivity contribution < 1.29 is 40.3 Å². The van der Waals surface area contributed by atoms with Crippen LogP contribution >= 0.6 is 0 Å². The van der Waals surface area contributed by atoms with Gasteiger partial charge in [-0.3, -0.25) is 9.59 Å². The average Bonchev–Trinajstić information content (AvgIpc) is 3.52. The van der Waals surface area contributed by atoms with Gasteiger partial charge in [0, 0.05) is 26.6 Å². The summed E-state index contributed by atoms with van der Waals surface area (Å²) >= 11 is 0. The third-order valence-electron chi connectivity index (χ3n) is 7.10. The summed E-state index contributed by atoms with van der Waals surface area (Å²) in [6.45, 7) is 1.34. The van der Waals surface area contributed by atoms with Gasteiger partial charge in [0.25, 0.3) is 0 Å². The van der Waals surface area contributed by atoms with Crippen molar-refractivity contribution in [1.29, 1.82) is 0 Å². The highest BCUT2D eigenvalue weighted by atomic mass is 19.4. The van der Waals surface area contributed by atoms with E-state index in [9.17, 15) is 40.3 Å². The lowest BCUT2D eigenvalue weighted by Crippen LogP contribution is -2.45. The summed E-state index contributed by atoms with van der Waals surface area (Å²) in [7, 11) is 0. The fourth-order valence-corrected chi connectivity index (χ4v) is 5.10. The molecule has 39 heavy (non-hydrogen) atoms. The maximum atomic E-state index is 14.2. The molecule has 2 aliphatic rings. The van der Waals surface area contributed by atoms with Crippen LogP contribution in [0, 0.1) is 17.2 Å². The Balaban J connectivity index is 1.74. The lowest BCUT2D eigenvalue weighted by Gasteiger charge is -2.35. The van der Waals surface area contributed by atoms with Crippen molar-refractivity contribution in [3.8, 4) is 0 Å². The van der Waals surface area contributed by atoms with E-state index in [1.807, 2.05) is 0 Å². The molecule has 0 radical (unpaired) electrons. The van der Waals surface area contributed by atoms with Crippen molar-refractivity contribution in [2.45, 2.75) is 58.0 Å². The molecule has 1 unspecified atom stereocenters. The zero-order valence-electron chi connectivity index (χ0n) is 21.1. The highest BCUT2D eigenvalue weighted by Crippen LogP contribution is 2.45. The van der Waals surface area contributed by atoms with Crippen LogP contribution in [-0.2, 0) is 35.0 Å². The van der Waals surface area contributed by atoms with Crippen molar-refractivity contribution in [3.63, 3.8) is 0 Å². The first kappa shape index (κ1) is 28.8. The fourth-order valence-electron chi connectivity index (χ4n) is 5.10. The molecule has 0 bridgehead atoms. The van der Waals surface area contributed by atoms with Gasteiger partial charge >= 0.3 is 12.4 Å². The second kappa shape index (κ2) is 10.8. The number of benzene rings is 2. The Kier molecular flexibility index (Phi) is 7.98. The van der Waals surface area contributed by atoms with Crippen LogP contribution in [0.5, 0.6) is 0 Å². The SMILES string of the molecule is CC(=O)Nc1cc(CN(Cc2cc(C(F)(F)F)cc(C(F)(F)F)c2)C(=O)C2(CC3CC3)CCNC2)ccc1F. The van der Waals surface area contributed by atoms with Gasteiger partial charge < -0.3 is 15.5 Å². The quantitative estimate of drug-likeness (QED) is 0.383. The van der Waals surface area contributed by atoms with E-state index < -0.39 is 53.1 Å². The zero-order valence-corrected chi connectivity index (χ0v) is 21.1. The normalized spacial score (nSPS) is 19.7. The second-order valence-electron chi connectivity index (χ2n) is 10.4. The molecule has 212 valence electrons. The first-order chi connectivity index (χ1) is 18.2.